The number of carbonyl (C=O) groups is 2. The number of benzene rings is 1. The number of thiophene rings is 1. The van der Waals surface area contributed by atoms with E-state index in [1.165, 1.54) is 18.4 Å². The first-order valence-electron chi connectivity index (χ1n) is 11.7. The van der Waals surface area contributed by atoms with Crippen molar-refractivity contribution in [1.82, 2.24) is 4.98 Å². The minimum Gasteiger partial charge on any atom is -0.465 e. The molecule has 1 aliphatic rings. The van der Waals surface area contributed by atoms with Gasteiger partial charge in [0.05, 0.1) is 30.0 Å². The fourth-order valence-corrected chi connectivity index (χ4v) is 6.13. The van der Waals surface area contributed by atoms with Gasteiger partial charge in [-0.25, -0.2) is 9.78 Å². The fraction of sp³-hybridized carbons (Fsp3) is 0.321. The Morgan fingerprint density at radius 2 is 1.97 bits per heavy atom. The standard InChI is InChI=1S/C28H28N2O4S/c1-28(2,3)16-11-12-18-23(14-16)35-26(24(18)27(32)33-4)30-25(31)19-15-21(22-10-7-13-34-22)29-20-9-6-5-8-17(19)20/h5-10,13,15-16H,11-12,14H2,1-4H3,(H,30,31). The predicted octanol–water partition coefficient (Wildman–Crippen LogP) is 6.75. The predicted molar refractivity (Wildman–Crippen MR) is 138 cm³/mol. The van der Waals surface area contributed by atoms with E-state index >= 15 is 0 Å². The van der Waals surface area contributed by atoms with Crippen LogP contribution in [0.15, 0.2) is 53.1 Å². The van der Waals surface area contributed by atoms with Crippen LogP contribution < -0.4 is 5.32 Å². The number of nitrogens with one attached hydrogen (secondary N) is 1. The first kappa shape index (κ1) is 23.3. The van der Waals surface area contributed by atoms with Crippen LogP contribution in [0, 0.1) is 11.3 Å². The zero-order valence-electron chi connectivity index (χ0n) is 20.3. The Bertz CT molecular complexity index is 1410. The molecule has 1 aromatic carbocycles. The summed E-state index contributed by atoms with van der Waals surface area (Å²) < 4.78 is 10.6. The van der Waals surface area contributed by atoms with Crippen molar-refractivity contribution in [3.8, 4) is 11.5 Å². The smallest absolute Gasteiger partial charge is 0.341 e. The highest BCUT2D eigenvalue weighted by atomic mass is 32.1. The molecule has 180 valence electrons. The summed E-state index contributed by atoms with van der Waals surface area (Å²) in [5.41, 5.74) is 3.40. The number of esters is 1. The number of amides is 1. The summed E-state index contributed by atoms with van der Waals surface area (Å²) in [6, 6.07) is 12.8. The number of carbonyl (C=O) groups excluding carboxylic acids is 2. The lowest BCUT2D eigenvalue weighted by molar-refractivity contribution is 0.0600. The van der Waals surface area contributed by atoms with Gasteiger partial charge in [0, 0.05) is 10.3 Å². The SMILES string of the molecule is COC(=O)c1c(NC(=O)c2cc(-c3ccco3)nc3ccccc23)sc2c1CCC(C(C)(C)C)C2. The Labute approximate surface area is 208 Å². The molecular weight excluding hydrogens is 460 g/mol. The highest BCUT2D eigenvalue weighted by Crippen LogP contribution is 2.44. The fourth-order valence-electron chi connectivity index (χ4n) is 4.82. The van der Waals surface area contributed by atoms with Crippen LogP contribution in [0.2, 0.25) is 0 Å². The molecule has 0 bridgehead atoms. The first-order chi connectivity index (χ1) is 16.8. The zero-order chi connectivity index (χ0) is 24.7. The topological polar surface area (TPSA) is 81.4 Å². The molecule has 1 aliphatic carbocycles. The maximum Gasteiger partial charge on any atom is 0.341 e. The van der Waals surface area contributed by atoms with Crippen LogP contribution in [-0.4, -0.2) is 24.0 Å². The van der Waals surface area contributed by atoms with Crippen molar-refractivity contribution in [3.05, 3.63) is 70.3 Å². The van der Waals surface area contributed by atoms with Gasteiger partial charge in [0.15, 0.2) is 5.76 Å². The summed E-state index contributed by atoms with van der Waals surface area (Å²) in [7, 11) is 1.38. The van der Waals surface area contributed by atoms with Crippen LogP contribution in [0.5, 0.6) is 0 Å². The number of para-hydroxylation sites is 1. The van der Waals surface area contributed by atoms with E-state index in [4.69, 9.17) is 9.15 Å². The molecule has 1 amide bonds. The molecule has 0 saturated carbocycles. The second-order valence-corrected chi connectivity index (χ2v) is 11.1. The highest BCUT2D eigenvalue weighted by Gasteiger charge is 2.34. The van der Waals surface area contributed by atoms with Gasteiger partial charge < -0.3 is 14.5 Å². The van der Waals surface area contributed by atoms with E-state index in [0.717, 1.165) is 35.1 Å². The second kappa shape index (κ2) is 8.96. The van der Waals surface area contributed by atoms with Crippen molar-refractivity contribution >= 4 is 39.1 Å². The minimum absolute atomic E-state index is 0.175. The maximum atomic E-state index is 13.6. The van der Waals surface area contributed by atoms with Gasteiger partial charge in [-0.05, 0) is 60.4 Å². The molecule has 1 unspecified atom stereocenters. The maximum absolute atomic E-state index is 13.6. The lowest BCUT2D eigenvalue weighted by atomic mass is 9.72. The monoisotopic (exact) mass is 488 g/mol. The third kappa shape index (κ3) is 4.36. The van der Waals surface area contributed by atoms with Gasteiger partial charge in [-0.15, -0.1) is 11.3 Å². The van der Waals surface area contributed by atoms with Gasteiger partial charge in [-0.3, -0.25) is 4.79 Å². The third-order valence-electron chi connectivity index (χ3n) is 6.84. The average Bonchev–Trinajstić information content (AvgIpc) is 3.50. The van der Waals surface area contributed by atoms with E-state index in [0.29, 0.717) is 39.0 Å². The van der Waals surface area contributed by atoms with Gasteiger partial charge in [0.2, 0.25) is 0 Å². The van der Waals surface area contributed by atoms with E-state index in [-0.39, 0.29) is 11.3 Å². The molecule has 0 aliphatic heterocycles. The summed E-state index contributed by atoms with van der Waals surface area (Å²) in [6.07, 6.45) is 4.28. The summed E-state index contributed by atoms with van der Waals surface area (Å²) in [4.78, 5) is 32.3. The number of pyridine rings is 1. The number of methoxy groups -OCH3 is 1. The van der Waals surface area contributed by atoms with Crippen molar-refractivity contribution in [2.75, 3.05) is 12.4 Å². The molecule has 0 saturated heterocycles. The number of rotatable bonds is 4. The van der Waals surface area contributed by atoms with Gasteiger partial charge in [-0.1, -0.05) is 39.0 Å². The van der Waals surface area contributed by atoms with E-state index in [9.17, 15) is 9.59 Å². The van der Waals surface area contributed by atoms with Gasteiger partial charge in [-0.2, -0.15) is 0 Å². The molecule has 6 nitrogen and oxygen atoms in total. The first-order valence-corrected chi connectivity index (χ1v) is 12.6. The number of ether oxygens (including phenoxy) is 1. The van der Waals surface area contributed by atoms with Crippen molar-refractivity contribution in [1.29, 1.82) is 0 Å². The average molecular weight is 489 g/mol. The molecular formula is C28H28N2O4S. The quantitative estimate of drug-likeness (QED) is 0.322. The van der Waals surface area contributed by atoms with E-state index in [1.807, 2.05) is 30.3 Å². The molecule has 3 aromatic heterocycles. The molecule has 1 N–H and O–H groups in total. The minimum atomic E-state index is -0.414. The molecule has 35 heavy (non-hydrogen) atoms. The van der Waals surface area contributed by atoms with Gasteiger partial charge >= 0.3 is 5.97 Å². The van der Waals surface area contributed by atoms with Crippen LogP contribution in [0.4, 0.5) is 5.00 Å². The summed E-state index contributed by atoms with van der Waals surface area (Å²) in [5.74, 6) is 0.387. The molecule has 3 heterocycles. The Morgan fingerprint density at radius 1 is 1.17 bits per heavy atom. The normalized spacial score (nSPS) is 15.6. The summed E-state index contributed by atoms with van der Waals surface area (Å²) in [6.45, 7) is 6.77. The van der Waals surface area contributed by atoms with Crippen molar-refractivity contribution < 1.29 is 18.7 Å². The molecule has 0 fully saturated rings. The Balaban J connectivity index is 1.55. The second-order valence-electron chi connectivity index (χ2n) is 10.0. The van der Waals surface area contributed by atoms with Crippen LogP contribution in [0.25, 0.3) is 22.4 Å². The molecule has 5 rings (SSSR count). The van der Waals surface area contributed by atoms with Crippen molar-refractivity contribution in [2.24, 2.45) is 11.3 Å². The number of nitrogens with zero attached hydrogens (tertiary/aromatic N) is 1. The van der Waals surface area contributed by atoms with E-state index in [1.54, 1.807) is 18.4 Å². The Morgan fingerprint density at radius 3 is 2.69 bits per heavy atom. The summed E-state index contributed by atoms with van der Waals surface area (Å²) >= 11 is 1.49. The largest absolute Gasteiger partial charge is 0.465 e. The van der Waals surface area contributed by atoms with Crippen LogP contribution in [0.1, 0.15) is 58.3 Å². The Hall–Kier alpha value is -3.45. The molecule has 0 spiro atoms. The van der Waals surface area contributed by atoms with Gasteiger partial charge in [0.25, 0.3) is 5.91 Å². The van der Waals surface area contributed by atoms with E-state index in [2.05, 4.69) is 31.1 Å². The van der Waals surface area contributed by atoms with Crippen molar-refractivity contribution in [2.45, 2.75) is 40.0 Å². The molecule has 7 heteroatoms. The Kier molecular flexibility index (Phi) is 5.97. The number of aromatic nitrogens is 1. The number of anilines is 1. The zero-order valence-corrected chi connectivity index (χ0v) is 21.1. The number of fused-ring (bicyclic) bond motifs is 2. The molecule has 1 atom stereocenters. The van der Waals surface area contributed by atoms with Crippen LogP contribution in [-0.2, 0) is 17.6 Å². The van der Waals surface area contributed by atoms with E-state index < -0.39 is 5.97 Å². The molecule has 0 radical (unpaired) electrons. The van der Waals surface area contributed by atoms with Crippen molar-refractivity contribution in [3.63, 3.8) is 0 Å². The lowest BCUT2D eigenvalue weighted by Gasteiger charge is -2.33. The highest BCUT2D eigenvalue weighted by molar-refractivity contribution is 7.17. The number of furan rings is 1. The van der Waals surface area contributed by atoms with Crippen LogP contribution >= 0.6 is 11.3 Å². The lowest BCUT2D eigenvalue weighted by Crippen LogP contribution is -2.26. The number of hydrogen-bond acceptors (Lipinski definition) is 6. The summed E-state index contributed by atoms with van der Waals surface area (Å²) in [5, 5.41) is 4.31. The van der Waals surface area contributed by atoms with Gasteiger partial charge in [0.1, 0.15) is 10.7 Å². The number of hydrogen-bond donors (Lipinski definition) is 1. The third-order valence-corrected chi connectivity index (χ3v) is 8.01. The molecule has 4 aromatic rings. The van der Waals surface area contributed by atoms with Crippen LogP contribution in [0.3, 0.4) is 0 Å².